The van der Waals surface area contributed by atoms with Gasteiger partial charge in [-0.15, -0.1) is 0 Å². The third-order valence-electron chi connectivity index (χ3n) is 2.92. The summed E-state index contributed by atoms with van der Waals surface area (Å²) >= 11 is 0. The number of phenolic OH excluding ortho intramolecular Hbond substituents is 1. The summed E-state index contributed by atoms with van der Waals surface area (Å²) in [6.07, 6.45) is 0. The highest BCUT2D eigenvalue weighted by Gasteiger charge is 2.05. The molecule has 2 aromatic rings. The highest BCUT2D eigenvalue weighted by molar-refractivity contribution is 5.49. The molecule has 3 nitrogen and oxygen atoms in total. The molecule has 100 valence electrons. The number of anilines is 1. The number of hydrogen-bond acceptors (Lipinski definition) is 3. The lowest BCUT2D eigenvalue weighted by Gasteiger charge is -2.16. The minimum Gasteiger partial charge on any atom is -0.508 e. The van der Waals surface area contributed by atoms with Gasteiger partial charge < -0.3 is 15.2 Å². The van der Waals surface area contributed by atoms with Crippen molar-refractivity contribution in [3.8, 4) is 11.5 Å². The Bertz CT molecular complexity index is 523. The lowest BCUT2D eigenvalue weighted by atomic mass is 10.1. The van der Waals surface area contributed by atoms with E-state index in [4.69, 9.17) is 4.74 Å². The highest BCUT2D eigenvalue weighted by atomic mass is 16.5. The van der Waals surface area contributed by atoms with Crippen LogP contribution < -0.4 is 10.1 Å². The monoisotopic (exact) mass is 257 g/mol. The molecule has 0 amide bonds. The molecule has 2 rings (SSSR count). The molecule has 2 N–H and O–H groups in total. The van der Waals surface area contributed by atoms with Gasteiger partial charge in [0.2, 0.25) is 0 Å². The minimum absolute atomic E-state index is 0.164. The van der Waals surface area contributed by atoms with E-state index in [1.807, 2.05) is 43.3 Å². The molecule has 3 heteroatoms. The molecule has 0 fully saturated rings. The lowest BCUT2D eigenvalue weighted by molar-refractivity contribution is 0.340. The second-order valence-electron chi connectivity index (χ2n) is 4.42. The highest BCUT2D eigenvalue weighted by Crippen LogP contribution is 2.23. The Kier molecular flexibility index (Phi) is 4.29. The first-order chi connectivity index (χ1) is 9.19. The first-order valence-electron chi connectivity index (χ1n) is 6.47. The molecule has 19 heavy (non-hydrogen) atoms. The summed E-state index contributed by atoms with van der Waals surface area (Å²) < 4.78 is 5.42. The Balaban J connectivity index is 2.05. The van der Waals surface area contributed by atoms with Gasteiger partial charge in [0, 0.05) is 17.8 Å². The fraction of sp³-hybridized carbons (Fsp3) is 0.250. The third-order valence-corrected chi connectivity index (χ3v) is 2.92. The van der Waals surface area contributed by atoms with Gasteiger partial charge in [0.1, 0.15) is 11.5 Å². The fourth-order valence-corrected chi connectivity index (χ4v) is 1.95. The van der Waals surface area contributed by atoms with Crippen molar-refractivity contribution < 1.29 is 9.84 Å². The Morgan fingerprint density at radius 3 is 2.53 bits per heavy atom. The first kappa shape index (κ1) is 13.3. The van der Waals surface area contributed by atoms with Crippen LogP contribution in [0.3, 0.4) is 0 Å². The normalized spacial score (nSPS) is 11.9. The van der Waals surface area contributed by atoms with Crippen LogP contribution >= 0.6 is 0 Å². The van der Waals surface area contributed by atoms with Gasteiger partial charge in [-0.25, -0.2) is 0 Å². The number of aromatic hydroxyl groups is 1. The molecule has 2 aromatic carbocycles. The van der Waals surface area contributed by atoms with Crippen molar-refractivity contribution in [2.45, 2.75) is 19.9 Å². The molecular formula is C16H19NO2. The average molecular weight is 257 g/mol. The van der Waals surface area contributed by atoms with Crippen LogP contribution in [0.2, 0.25) is 0 Å². The van der Waals surface area contributed by atoms with Gasteiger partial charge in [-0.3, -0.25) is 0 Å². The van der Waals surface area contributed by atoms with Crippen molar-refractivity contribution in [1.29, 1.82) is 0 Å². The van der Waals surface area contributed by atoms with Crippen LogP contribution in [-0.2, 0) is 0 Å². The molecule has 0 heterocycles. The predicted octanol–water partition coefficient (Wildman–Crippen LogP) is 3.96. The molecule has 0 bridgehead atoms. The molecule has 0 aromatic heterocycles. The number of benzene rings is 2. The van der Waals surface area contributed by atoms with Gasteiger partial charge in [0.25, 0.3) is 0 Å². The maximum atomic E-state index is 9.44. The van der Waals surface area contributed by atoms with Gasteiger partial charge in [-0.2, -0.15) is 0 Å². The Labute approximate surface area is 113 Å². The Hall–Kier alpha value is -2.16. The summed E-state index contributed by atoms with van der Waals surface area (Å²) in [7, 11) is 0. The zero-order valence-corrected chi connectivity index (χ0v) is 11.3. The second kappa shape index (κ2) is 6.14. The standard InChI is InChI=1S/C16H19NO2/c1-3-19-16-9-7-13(8-10-16)12(2)17-14-5-4-6-15(18)11-14/h4-12,17-18H,3H2,1-2H3. The van der Waals surface area contributed by atoms with Crippen molar-refractivity contribution in [1.82, 2.24) is 0 Å². The van der Waals surface area contributed by atoms with Crippen LogP contribution in [0.15, 0.2) is 48.5 Å². The second-order valence-corrected chi connectivity index (χ2v) is 4.42. The van der Waals surface area contributed by atoms with Crippen LogP contribution in [0, 0.1) is 0 Å². The van der Waals surface area contributed by atoms with E-state index >= 15 is 0 Å². The summed E-state index contributed by atoms with van der Waals surface area (Å²) in [6, 6.07) is 15.3. The largest absolute Gasteiger partial charge is 0.508 e. The number of rotatable bonds is 5. The molecule has 0 saturated carbocycles. The maximum absolute atomic E-state index is 9.44. The topological polar surface area (TPSA) is 41.5 Å². The zero-order chi connectivity index (χ0) is 13.7. The number of ether oxygens (including phenoxy) is 1. The van der Waals surface area contributed by atoms with Crippen LogP contribution in [0.5, 0.6) is 11.5 Å². The number of hydrogen-bond donors (Lipinski definition) is 2. The van der Waals surface area contributed by atoms with E-state index < -0.39 is 0 Å². The van der Waals surface area contributed by atoms with Crippen LogP contribution in [-0.4, -0.2) is 11.7 Å². The average Bonchev–Trinajstić information content (AvgIpc) is 2.40. The van der Waals surface area contributed by atoms with Crippen molar-refractivity contribution in [2.24, 2.45) is 0 Å². The summed E-state index contributed by atoms with van der Waals surface area (Å²) in [4.78, 5) is 0. The summed E-state index contributed by atoms with van der Waals surface area (Å²) in [5.41, 5.74) is 2.08. The fourth-order valence-electron chi connectivity index (χ4n) is 1.95. The molecule has 1 atom stereocenters. The molecule has 0 aliphatic rings. The molecular weight excluding hydrogens is 238 g/mol. The SMILES string of the molecule is CCOc1ccc(C(C)Nc2cccc(O)c2)cc1. The van der Waals surface area contributed by atoms with E-state index in [1.54, 1.807) is 12.1 Å². The van der Waals surface area contributed by atoms with Crippen molar-refractivity contribution >= 4 is 5.69 Å². The van der Waals surface area contributed by atoms with E-state index in [2.05, 4.69) is 12.2 Å². The van der Waals surface area contributed by atoms with Crippen LogP contribution in [0.4, 0.5) is 5.69 Å². The van der Waals surface area contributed by atoms with Gasteiger partial charge in [-0.1, -0.05) is 18.2 Å². The lowest BCUT2D eigenvalue weighted by Crippen LogP contribution is -2.06. The van der Waals surface area contributed by atoms with Crippen LogP contribution in [0.1, 0.15) is 25.5 Å². The minimum atomic E-state index is 0.164. The van der Waals surface area contributed by atoms with Crippen LogP contribution in [0.25, 0.3) is 0 Å². The van der Waals surface area contributed by atoms with Gasteiger partial charge >= 0.3 is 0 Å². The molecule has 0 radical (unpaired) electrons. The zero-order valence-electron chi connectivity index (χ0n) is 11.3. The smallest absolute Gasteiger partial charge is 0.119 e. The molecule has 0 saturated heterocycles. The number of nitrogens with one attached hydrogen (secondary N) is 1. The van der Waals surface area contributed by atoms with E-state index in [9.17, 15) is 5.11 Å². The summed E-state index contributed by atoms with van der Waals surface area (Å²) in [6.45, 7) is 4.73. The summed E-state index contributed by atoms with van der Waals surface area (Å²) in [5.74, 6) is 1.15. The van der Waals surface area contributed by atoms with Crippen molar-refractivity contribution in [2.75, 3.05) is 11.9 Å². The van der Waals surface area contributed by atoms with E-state index in [-0.39, 0.29) is 11.8 Å². The van der Waals surface area contributed by atoms with Gasteiger partial charge in [0.15, 0.2) is 0 Å². The molecule has 0 spiro atoms. The van der Waals surface area contributed by atoms with Gasteiger partial charge in [-0.05, 0) is 43.7 Å². The Morgan fingerprint density at radius 1 is 1.16 bits per heavy atom. The first-order valence-corrected chi connectivity index (χ1v) is 6.47. The Morgan fingerprint density at radius 2 is 1.89 bits per heavy atom. The summed E-state index contributed by atoms with van der Waals surface area (Å²) in [5, 5.41) is 12.8. The van der Waals surface area contributed by atoms with E-state index in [0.29, 0.717) is 6.61 Å². The predicted molar refractivity (Wildman–Crippen MR) is 77.8 cm³/mol. The quantitative estimate of drug-likeness (QED) is 0.851. The van der Waals surface area contributed by atoms with Crippen molar-refractivity contribution in [3.63, 3.8) is 0 Å². The molecule has 0 aliphatic carbocycles. The van der Waals surface area contributed by atoms with E-state index in [1.165, 1.54) is 5.56 Å². The van der Waals surface area contributed by atoms with Crippen molar-refractivity contribution in [3.05, 3.63) is 54.1 Å². The van der Waals surface area contributed by atoms with E-state index in [0.717, 1.165) is 11.4 Å². The number of phenols is 1. The van der Waals surface area contributed by atoms with Gasteiger partial charge in [0.05, 0.1) is 6.61 Å². The maximum Gasteiger partial charge on any atom is 0.119 e. The molecule has 0 aliphatic heterocycles. The molecule has 1 unspecified atom stereocenters. The third kappa shape index (κ3) is 3.65.